The third-order valence-electron chi connectivity index (χ3n) is 2.65. The lowest BCUT2D eigenvalue weighted by Gasteiger charge is -2.13. The number of halogens is 2. The Morgan fingerprint density at radius 1 is 1.41 bits per heavy atom. The highest BCUT2D eigenvalue weighted by Crippen LogP contribution is 2.25. The highest BCUT2D eigenvalue weighted by molar-refractivity contribution is 9.10. The predicted molar refractivity (Wildman–Crippen MR) is 68.1 cm³/mol. The van der Waals surface area contributed by atoms with Crippen molar-refractivity contribution in [2.75, 3.05) is 0 Å². The van der Waals surface area contributed by atoms with Crippen molar-refractivity contribution in [1.29, 1.82) is 0 Å². The molecule has 2 N–H and O–H groups in total. The van der Waals surface area contributed by atoms with Gasteiger partial charge >= 0.3 is 0 Å². The highest BCUT2D eigenvalue weighted by atomic mass is 79.9. The second-order valence-corrected chi connectivity index (χ2v) is 4.89. The molecule has 3 nitrogen and oxygen atoms in total. The molecule has 0 amide bonds. The number of rotatable bonds is 2. The molecule has 0 aliphatic carbocycles. The van der Waals surface area contributed by atoms with Crippen molar-refractivity contribution in [3.63, 3.8) is 0 Å². The summed E-state index contributed by atoms with van der Waals surface area (Å²) in [5.41, 5.74) is 8.20. The van der Waals surface area contributed by atoms with Gasteiger partial charge in [0.05, 0.1) is 17.4 Å². The van der Waals surface area contributed by atoms with Crippen molar-refractivity contribution in [1.82, 2.24) is 9.78 Å². The van der Waals surface area contributed by atoms with Crippen LogP contribution in [0.25, 0.3) is 0 Å². The lowest BCUT2D eigenvalue weighted by Crippen LogP contribution is -2.17. The van der Waals surface area contributed by atoms with E-state index in [1.165, 1.54) is 6.07 Å². The van der Waals surface area contributed by atoms with E-state index in [1.807, 2.05) is 13.0 Å². The van der Waals surface area contributed by atoms with Gasteiger partial charge < -0.3 is 5.73 Å². The van der Waals surface area contributed by atoms with Gasteiger partial charge in [0, 0.05) is 17.1 Å². The number of aromatic nitrogens is 2. The molecule has 1 unspecified atom stereocenters. The number of hydrogen-bond acceptors (Lipinski definition) is 2. The summed E-state index contributed by atoms with van der Waals surface area (Å²) in [5.74, 6) is -0.306. The molecule has 0 fully saturated rings. The molecule has 0 saturated carbocycles. The maximum atomic E-state index is 13.7. The summed E-state index contributed by atoms with van der Waals surface area (Å²) < 4.78 is 16.2. The molecule has 0 aliphatic rings. The molecule has 1 atom stereocenters. The molecule has 17 heavy (non-hydrogen) atoms. The first kappa shape index (κ1) is 12.3. The fourth-order valence-electron chi connectivity index (χ4n) is 1.83. The monoisotopic (exact) mass is 297 g/mol. The Bertz CT molecular complexity index is 551. The molecule has 2 rings (SSSR count). The summed E-state index contributed by atoms with van der Waals surface area (Å²) in [4.78, 5) is 0. The van der Waals surface area contributed by atoms with Gasteiger partial charge in [-0.15, -0.1) is 0 Å². The van der Waals surface area contributed by atoms with Gasteiger partial charge in [-0.3, -0.25) is 4.68 Å². The Balaban J connectivity index is 2.46. The third-order valence-corrected chi connectivity index (χ3v) is 3.14. The van der Waals surface area contributed by atoms with Crippen LogP contribution < -0.4 is 5.73 Å². The summed E-state index contributed by atoms with van der Waals surface area (Å²) in [7, 11) is 1.80. The summed E-state index contributed by atoms with van der Waals surface area (Å²) in [6, 6.07) is 6.11. The summed E-state index contributed by atoms with van der Waals surface area (Å²) >= 11 is 3.32. The molecular formula is C12H13BrFN3. The van der Waals surface area contributed by atoms with Crippen LogP contribution in [-0.4, -0.2) is 9.78 Å². The van der Waals surface area contributed by atoms with Crippen LogP contribution in [-0.2, 0) is 7.05 Å². The molecule has 1 aromatic carbocycles. The van der Waals surface area contributed by atoms with Gasteiger partial charge in [0.25, 0.3) is 0 Å². The molecule has 1 heterocycles. The summed E-state index contributed by atoms with van der Waals surface area (Å²) in [6.45, 7) is 1.88. The van der Waals surface area contributed by atoms with Crippen LogP contribution >= 0.6 is 15.9 Å². The Hall–Kier alpha value is -1.20. The fourth-order valence-corrected chi connectivity index (χ4v) is 2.21. The van der Waals surface area contributed by atoms with E-state index in [2.05, 4.69) is 21.0 Å². The third kappa shape index (κ3) is 2.40. The second kappa shape index (κ2) is 4.58. The molecule has 0 spiro atoms. The van der Waals surface area contributed by atoms with E-state index in [-0.39, 0.29) is 5.82 Å². The van der Waals surface area contributed by atoms with Crippen LogP contribution in [0.5, 0.6) is 0 Å². The van der Waals surface area contributed by atoms with Crippen molar-refractivity contribution < 1.29 is 4.39 Å². The summed E-state index contributed by atoms with van der Waals surface area (Å²) in [5, 5.41) is 4.21. The summed E-state index contributed by atoms with van der Waals surface area (Å²) in [6.07, 6.45) is 0. The van der Waals surface area contributed by atoms with Crippen molar-refractivity contribution in [3.8, 4) is 0 Å². The van der Waals surface area contributed by atoms with E-state index in [9.17, 15) is 4.39 Å². The normalized spacial score (nSPS) is 12.8. The zero-order chi connectivity index (χ0) is 12.6. The van der Waals surface area contributed by atoms with Crippen LogP contribution in [0, 0.1) is 12.7 Å². The minimum absolute atomic E-state index is 0.306. The largest absolute Gasteiger partial charge is 0.319 e. The zero-order valence-electron chi connectivity index (χ0n) is 9.61. The van der Waals surface area contributed by atoms with Crippen molar-refractivity contribution in [2.24, 2.45) is 12.8 Å². The molecule has 0 saturated heterocycles. The molecule has 0 aliphatic heterocycles. The number of benzene rings is 1. The average Bonchev–Trinajstić information content (AvgIpc) is 2.60. The van der Waals surface area contributed by atoms with Gasteiger partial charge in [0.2, 0.25) is 0 Å². The van der Waals surface area contributed by atoms with Gasteiger partial charge in [0.15, 0.2) is 0 Å². The Morgan fingerprint density at radius 2 is 2.12 bits per heavy atom. The topological polar surface area (TPSA) is 43.8 Å². The van der Waals surface area contributed by atoms with Gasteiger partial charge in [0.1, 0.15) is 5.82 Å². The minimum atomic E-state index is -0.515. The van der Waals surface area contributed by atoms with Crippen LogP contribution in [0.1, 0.15) is 23.0 Å². The van der Waals surface area contributed by atoms with E-state index in [4.69, 9.17) is 5.73 Å². The smallest absolute Gasteiger partial charge is 0.128 e. The van der Waals surface area contributed by atoms with E-state index >= 15 is 0 Å². The number of nitrogens with zero attached hydrogens (tertiary/aromatic N) is 2. The molecule has 5 heteroatoms. The molecule has 1 aromatic heterocycles. The molecule has 2 aromatic rings. The quantitative estimate of drug-likeness (QED) is 0.926. The lowest BCUT2D eigenvalue weighted by atomic mass is 10.0. The average molecular weight is 298 g/mol. The first-order valence-electron chi connectivity index (χ1n) is 5.20. The minimum Gasteiger partial charge on any atom is -0.319 e. The van der Waals surface area contributed by atoms with Crippen LogP contribution in [0.15, 0.2) is 28.7 Å². The first-order valence-corrected chi connectivity index (χ1v) is 5.99. The molecule has 0 bridgehead atoms. The Morgan fingerprint density at radius 3 is 2.71 bits per heavy atom. The van der Waals surface area contributed by atoms with Crippen LogP contribution in [0.2, 0.25) is 0 Å². The maximum absolute atomic E-state index is 13.7. The second-order valence-electron chi connectivity index (χ2n) is 3.98. The molecular weight excluding hydrogens is 285 g/mol. The van der Waals surface area contributed by atoms with Gasteiger partial charge in [-0.1, -0.05) is 15.9 Å². The van der Waals surface area contributed by atoms with Crippen molar-refractivity contribution in [2.45, 2.75) is 13.0 Å². The predicted octanol–water partition coefficient (Wildman–Crippen LogP) is 2.68. The standard InChI is InChI=1S/C12H13BrFN3/c1-7-5-11(17(2)16-7)12(15)9-6-8(13)3-4-10(9)14/h3-6,12H,15H2,1-2H3. The van der Waals surface area contributed by atoms with E-state index in [1.54, 1.807) is 23.9 Å². The van der Waals surface area contributed by atoms with E-state index in [0.29, 0.717) is 5.56 Å². The molecule has 90 valence electrons. The first-order chi connectivity index (χ1) is 7.99. The molecule has 0 radical (unpaired) electrons. The zero-order valence-corrected chi connectivity index (χ0v) is 11.2. The van der Waals surface area contributed by atoms with Crippen molar-refractivity contribution in [3.05, 3.63) is 51.5 Å². The Kier molecular flexibility index (Phi) is 3.31. The Labute approximate surface area is 108 Å². The van der Waals surface area contributed by atoms with Crippen LogP contribution in [0.4, 0.5) is 4.39 Å². The van der Waals surface area contributed by atoms with Gasteiger partial charge in [-0.05, 0) is 31.2 Å². The number of aryl methyl sites for hydroxylation is 2. The fraction of sp³-hybridized carbons (Fsp3) is 0.250. The number of nitrogens with two attached hydrogens (primary N) is 1. The van der Waals surface area contributed by atoms with E-state index in [0.717, 1.165) is 15.9 Å². The SMILES string of the molecule is Cc1cc(C(N)c2cc(Br)ccc2F)n(C)n1. The number of hydrogen-bond donors (Lipinski definition) is 1. The lowest BCUT2D eigenvalue weighted by molar-refractivity contribution is 0.585. The van der Waals surface area contributed by atoms with Gasteiger partial charge in [-0.25, -0.2) is 4.39 Å². The van der Waals surface area contributed by atoms with E-state index < -0.39 is 6.04 Å². The van der Waals surface area contributed by atoms with Crippen LogP contribution in [0.3, 0.4) is 0 Å². The highest BCUT2D eigenvalue weighted by Gasteiger charge is 2.17. The van der Waals surface area contributed by atoms with Crippen molar-refractivity contribution >= 4 is 15.9 Å². The van der Waals surface area contributed by atoms with Gasteiger partial charge in [-0.2, -0.15) is 5.10 Å². The maximum Gasteiger partial charge on any atom is 0.128 e.